The average Bonchev–Trinajstić information content (AvgIpc) is 2.98. The quantitative estimate of drug-likeness (QED) is 0.0538. The summed E-state index contributed by atoms with van der Waals surface area (Å²) >= 11 is 0. The van der Waals surface area contributed by atoms with Gasteiger partial charge in [0.25, 0.3) is 5.91 Å². The Labute approximate surface area is 272 Å². The summed E-state index contributed by atoms with van der Waals surface area (Å²) < 4.78 is 10.2. The summed E-state index contributed by atoms with van der Waals surface area (Å²) in [5.41, 5.74) is -0.955. The topological polar surface area (TPSA) is 140 Å². The van der Waals surface area contributed by atoms with E-state index in [0.29, 0.717) is 19.5 Å². The molecule has 1 atom stereocenters. The molecule has 3 amide bonds. The van der Waals surface area contributed by atoms with Gasteiger partial charge in [-0.2, -0.15) is 0 Å². The summed E-state index contributed by atoms with van der Waals surface area (Å²) in [6, 6.07) is 0. The first-order valence-corrected chi connectivity index (χ1v) is 17.3. The average molecular weight is 638 g/mol. The highest BCUT2D eigenvalue weighted by Gasteiger charge is 2.39. The summed E-state index contributed by atoms with van der Waals surface area (Å²) in [6.07, 6.45) is 21.6. The van der Waals surface area contributed by atoms with E-state index in [1.807, 2.05) is 0 Å². The summed E-state index contributed by atoms with van der Waals surface area (Å²) in [6.45, 7) is 9.02. The SMILES string of the molecule is CCCCCCCC/C=C\CCCCCCCC(=O)NCCCCNC(=O)CCNC(=O)C(OC(C)=O)C(C)(C)COC(C)=O. The van der Waals surface area contributed by atoms with Crippen molar-refractivity contribution in [1.29, 1.82) is 0 Å². The first kappa shape index (κ1) is 42.1. The number of esters is 2. The highest BCUT2D eigenvalue weighted by Crippen LogP contribution is 2.25. The van der Waals surface area contributed by atoms with Gasteiger partial charge >= 0.3 is 11.9 Å². The van der Waals surface area contributed by atoms with E-state index in [-0.39, 0.29) is 31.4 Å². The second kappa shape index (κ2) is 27.4. The Balaban J connectivity index is 3.81. The number of carbonyl (C=O) groups excluding carboxylic acids is 5. The number of hydrogen-bond acceptors (Lipinski definition) is 7. The van der Waals surface area contributed by atoms with Crippen LogP contribution in [0.15, 0.2) is 12.2 Å². The molecule has 0 aromatic heterocycles. The normalized spacial score (nSPS) is 12.0. The molecule has 0 aliphatic carbocycles. The van der Waals surface area contributed by atoms with Crippen LogP contribution in [0.5, 0.6) is 0 Å². The van der Waals surface area contributed by atoms with Crippen LogP contribution in [-0.4, -0.2) is 62.0 Å². The third-order valence-corrected chi connectivity index (χ3v) is 7.44. The number of nitrogens with one attached hydrogen (secondary N) is 3. The van der Waals surface area contributed by atoms with Gasteiger partial charge in [-0.05, 0) is 44.9 Å². The van der Waals surface area contributed by atoms with Gasteiger partial charge in [0.05, 0.1) is 0 Å². The van der Waals surface area contributed by atoms with Crippen molar-refractivity contribution in [2.45, 2.75) is 150 Å². The molecule has 0 heterocycles. The van der Waals surface area contributed by atoms with Crippen LogP contribution in [0.1, 0.15) is 144 Å². The summed E-state index contributed by atoms with van der Waals surface area (Å²) in [7, 11) is 0. The van der Waals surface area contributed by atoms with E-state index in [0.717, 1.165) is 32.1 Å². The lowest BCUT2D eigenvalue weighted by molar-refractivity contribution is -0.166. The first-order chi connectivity index (χ1) is 21.5. The molecule has 0 rings (SSSR count). The van der Waals surface area contributed by atoms with Crippen molar-refractivity contribution in [2.24, 2.45) is 5.41 Å². The maximum Gasteiger partial charge on any atom is 0.303 e. The molecule has 0 spiro atoms. The van der Waals surface area contributed by atoms with E-state index in [1.54, 1.807) is 13.8 Å². The molecule has 0 radical (unpaired) electrons. The van der Waals surface area contributed by atoms with Gasteiger partial charge in [-0.15, -0.1) is 0 Å². The molecule has 45 heavy (non-hydrogen) atoms. The van der Waals surface area contributed by atoms with E-state index in [9.17, 15) is 24.0 Å². The number of rotatable bonds is 28. The van der Waals surface area contributed by atoms with Gasteiger partial charge in [-0.25, -0.2) is 0 Å². The van der Waals surface area contributed by atoms with Gasteiger partial charge in [0.2, 0.25) is 11.8 Å². The molecular weight excluding hydrogens is 574 g/mol. The second-order valence-electron chi connectivity index (χ2n) is 12.5. The summed E-state index contributed by atoms with van der Waals surface area (Å²) in [5, 5.41) is 8.37. The zero-order valence-electron chi connectivity index (χ0n) is 28.9. The smallest absolute Gasteiger partial charge is 0.303 e. The van der Waals surface area contributed by atoms with Crippen molar-refractivity contribution in [3.8, 4) is 0 Å². The van der Waals surface area contributed by atoms with Gasteiger partial charge in [-0.3, -0.25) is 24.0 Å². The highest BCUT2D eigenvalue weighted by atomic mass is 16.6. The fourth-order valence-corrected chi connectivity index (χ4v) is 4.73. The number of allylic oxidation sites excluding steroid dienone is 2. The Bertz CT molecular complexity index is 873. The lowest BCUT2D eigenvalue weighted by atomic mass is 9.86. The Morgan fingerprint density at radius 2 is 1.13 bits per heavy atom. The van der Waals surface area contributed by atoms with Crippen LogP contribution in [0, 0.1) is 5.41 Å². The monoisotopic (exact) mass is 637 g/mol. The molecule has 10 nitrogen and oxygen atoms in total. The molecule has 0 bridgehead atoms. The minimum absolute atomic E-state index is 0.0651. The van der Waals surface area contributed by atoms with E-state index in [4.69, 9.17) is 9.47 Å². The Kier molecular flexibility index (Phi) is 25.6. The van der Waals surface area contributed by atoms with Crippen LogP contribution >= 0.6 is 0 Å². The van der Waals surface area contributed by atoms with Crippen LogP contribution < -0.4 is 16.0 Å². The molecule has 0 saturated heterocycles. The first-order valence-electron chi connectivity index (χ1n) is 17.3. The minimum atomic E-state index is -1.18. The Morgan fingerprint density at radius 3 is 1.67 bits per heavy atom. The zero-order chi connectivity index (χ0) is 33.8. The predicted molar refractivity (Wildman–Crippen MR) is 178 cm³/mol. The molecule has 0 aromatic rings. The Morgan fingerprint density at radius 1 is 0.622 bits per heavy atom. The zero-order valence-corrected chi connectivity index (χ0v) is 28.9. The molecule has 0 aliphatic rings. The molecule has 260 valence electrons. The summed E-state index contributed by atoms with van der Waals surface area (Å²) in [4.78, 5) is 59.5. The number of amides is 3. The van der Waals surface area contributed by atoms with Crippen LogP contribution in [0.4, 0.5) is 0 Å². The van der Waals surface area contributed by atoms with Gasteiger partial charge < -0.3 is 25.4 Å². The van der Waals surface area contributed by atoms with Crippen molar-refractivity contribution < 1.29 is 33.4 Å². The van der Waals surface area contributed by atoms with Gasteiger partial charge in [0.1, 0.15) is 6.61 Å². The van der Waals surface area contributed by atoms with Crippen molar-refractivity contribution in [2.75, 3.05) is 26.2 Å². The van der Waals surface area contributed by atoms with Crippen molar-refractivity contribution in [3.63, 3.8) is 0 Å². The minimum Gasteiger partial charge on any atom is -0.465 e. The van der Waals surface area contributed by atoms with E-state index in [1.165, 1.54) is 78.1 Å². The van der Waals surface area contributed by atoms with Gasteiger partial charge in [0, 0.05) is 51.7 Å². The van der Waals surface area contributed by atoms with Crippen molar-refractivity contribution in [1.82, 2.24) is 16.0 Å². The lowest BCUT2D eigenvalue weighted by Gasteiger charge is -2.31. The molecular formula is C35H63N3O7. The molecule has 0 aromatic carbocycles. The highest BCUT2D eigenvalue weighted by molar-refractivity contribution is 5.85. The third-order valence-electron chi connectivity index (χ3n) is 7.44. The lowest BCUT2D eigenvalue weighted by Crippen LogP contribution is -2.49. The standard InChI is InChI=1S/C35H63N3O7/c1-6-7-8-9-10-11-12-13-14-15-16-17-18-19-20-23-31(41)36-25-21-22-26-37-32(42)24-27-38-34(43)33(45-30(3)40)35(4,5)28-44-29(2)39/h13-14,33H,6-12,15-28H2,1-5H3,(H,36,41)(H,37,42)(H,38,43)/b14-13-. The molecule has 0 saturated carbocycles. The number of hydrogen-bond donors (Lipinski definition) is 3. The van der Waals surface area contributed by atoms with Crippen molar-refractivity contribution >= 4 is 29.7 Å². The molecule has 1 unspecified atom stereocenters. The van der Waals surface area contributed by atoms with E-state index < -0.39 is 29.4 Å². The molecule has 0 fully saturated rings. The maximum atomic E-state index is 12.6. The fraction of sp³-hybridized carbons (Fsp3) is 0.800. The van der Waals surface area contributed by atoms with Crippen LogP contribution in [0.2, 0.25) is 0 Å². The van der Waals surface area contributed by atoms with E-state index >= 15 is 0 Å². The van der Waals surface area contributed by atoms with Crippen LogP contribution in [-0.2, 0) is 33.4 Å². The predicted octanol–water partition coefficient (Wildman–Crippen LogP) is 6.06. The number of unbranched alkanes of at least 4 members (excludes halogenated alkanes) is 12. The summed E-state index contributed by atoms with van der Waals surface area (Å²) in [5.74, 6) is -1.84. The third kappa shape index (κ3) is 26.1. The fourth-order valence-electron chi connectivity index (χ4n) is 4.73. The van der Waals surface area contributed by atoms with Gasteiger partial charge in [0.15, 0.2) is 6.10 Å². The number of ether oxygens (including phenoxy) is 2. The molecule has 10 heteroatoms. The maximum absolute atomic E-state index is 12.6. The van der Waals surface area contributed by atoms with Crippen molar-refractivity contribution in [3.05, 3.63) is 12.2 Å². The second-order valence-corrected chi connectivity index (χ2v) is 12.5. The number of carbonyl (C=O) groups is 5. The largest absolute Gasteiger partial charge is 0.465 e. The Hall–Kier alpha value is -2.91. The molecule has 3 N–H and O–H groups in total. The van der Waals surface area contributed by atoms with Crippen LogP contribution in [0.3, 0.4) is 0 Å². The molecule has 0 aliphatic heterocycles. The van der Waals surface area contributed by atoms with E-state index in [2.05, 4.69) is 35.0 Å². The van der Waals surface area contributed by atoms with Crippen LogP contribution in [0.25, 0.3) is 0 Å². The van der Waals surface area contributed by atoms with Gasteiger partial charge in [-0.1, -0.05) is 84.3 Å².